The van der Waals surface area contributed by atoms with E-state index < -0.39 is 0 Å². The Labute approximate surface area is 93.2 Å². The van der Waals surface area contributed by atoms with Crippen molar-refractivity contribution in [1.29, 1.82) is 0 Å². The van der Waals surface area contributed by atoms with Crippen LogP contribution < -0.4 is 5.73 Å². The van der Waals surface area contributed by atoms with Crippen LogP contribution in [-0.4, -0.2) is 15.8 Å². The zero-order valence-electron chi connectivity index (χ0n) is 8.63. The molecule has 0 unspecified atom stereocenters. The smallest absolute Gasteiger partial charge is 0.168 e. The fraction of sp³-hybridized carbons (Fsp3) is 0.0833. The number of nitrogen functional groups attached to an aromatic ring is 1. The molecule has 0 fully saturated rings. The molecule has 2 aromatic rings. The van der Waals surface area contributed by atoms with Crippen molar-refractivity contribution in [3.8, 4) is 0 Å². The molecule has 0 saturated heterocycles. The molecule has 4 heteroatoms. The third-order valence-electron chi connectivity index (χ3n) is 2.20. The molecule has 0 aliphatic rings. The summed E-state index contributed by atoms with van der Waals surface area (Å²) in [6.07, 6.45) is 5.14. The Morgan fingerprint density at radius 1 is 1.25 bits per heavy atom. The normalized spacial score (nSPS) is 10.0. The van der Waals surface area contributed by atoms with Gasteiger partial charge in [0.2, 0.25) is 0 Å². The summed E-state index contributed by atoms with van der Waals surface area (Å²) in [7, 11) is 0. The standard InChI is InChI=1S/C12H11N3O/c13-12-4-3-9(7-15-12)6-11(16)10-2-1-5-14-8-10/h1-5,7-8H,6H2,(H2,13,15). The van der Waals surface area contributed by atoms with Crippen LogP contribution in [0.15, 0.2) is 42.9 Å². The summed E-state index contributed by atoms with van der Waals surface area (Å²) >= 11 is 0. The fourth-order valence-electron chi connectivity index (χ4n) is 1.36. The maximum atomic E-state index is 11.8. The van der Waals surface area contributed by atoms with E-state index in [9.17, 15) is 4.79 Å². The van der Waals surface area contributed by atoms with Crippen molar-refractivity contribution in [3.05, 3.63) is 54.0 Å². The van der Waals surface area contributed by atoms with Crippen molar-refractivity contribution < 1.29 is 4.79 Å². The average molecular weight is 213 g/mol. The molecule has 4 nitrogen and oxygen atoms in total. The lowest BCUT2D eigenvalue weighted by atomic mass is 10.1. The van der Waals surface area contributed by atoms with E-state index in [1.165, 1.54) is 0 Å². The van der Waals surface area contributed by atoms with E-state index in [1.54, 1.807) is 42.9 Å². The Kier molecular flexibility index (Phi) is 2.91. The number of nitrogens with two attached hydrogens (primary N) is 1. The second-order valence-corrected chi connectivity index (χ2v) is 3.43. The van der Waals surface area contributed by atoms with Crippen molar-refractivity contribution in [2.75, 3.05) is 5.73 Å². The number of rotatable bonds is 3. The van der Waals surface area contributed by atoms with Gasteiger partial charge in [0.1, 0.15) is 5.82 Å². The number of ketones is 1. The molecule has 0 atom stereocenters. The Hall–Kier alpha value is -2.23. The molecule has 0 amide bonds. The molecule has 16 heavy (non-hydrogen) atoms. The van der Waals surface area contributed by atoms with Gasteiger partial charge in [0.05, 0.1) is 0 Å². The highest BCUT2D eigenvalue weighted by Gasteiger charge is 2.06. The summed E-state index contributed by atoms with van der Waals surface area (Å²) in [5.74, 6) is 0.484. The SMILES string of the molecule is Nc1ccc(CC(=O)c2cccnc2)cn1. The van der Waals surface area contributed by atoms with Crippen molar-refractivity contribution in [2.24, 2.45) is 0 Å². The van der Waals surface area contributed by atoms with Gasteiger partial charge in [0, 0.05) is 30.6 Å². The van der Waals surface area contributed by atoms with Crippen LogP contribution in [-0.2, 0) is 6.42 Å². The number of pyridine rings is 2. The quantitative estimate of drug-likeness (QED) is 0.784. The van der Waals surface area contributed by atoms with Crippen molar-refractivity contribution in [1.82, 2.24) is 9.97 Å². The molecule has 2 rings (SSSR count). The van der Waals surface area contributed by atoms with E-state index in [0.717, 1.165) is 5.56 Å². The molecule has 0 aliphatic heterocycles. The van der Waals surface area contributed by atoms with E-state index in [4.69, 9.17) is 5.73 Å². The Bertz CT molecular complexity index is 479. The fourth-order valence-corrected chi connectivity index (χ4v) is 1.36. The summed E-state index contributed by atoms with van der Waals surface area (Å²) in [4.78, 5) is 19.6. The first kappa shape index (κ1) is 10.3. The van der Waals surface area contributed by atoms with Gasteiger partial charge in [0.25, 0.3) is 0 Å². The van der Waals surface area contributed by atoms with Gasteiger partial charge in [-0.05, 0) is 23.8 Å². The maximum absolute atomic E-state index is 11.8. The van der Waals surface area contributed by atoms with Crippen LogP contribution in [0.1, 0.15) is 15.9 Å². The lowest BCUT2D eigenvalue weighted by Gasteiger charge is -2.00. The topological polar surface area (TPSA) is 68.9 Å². The molecule has 0 bridgehead atoms. The minimum Gasteiger partial charge on any atom is -0.384 e. The van der Waals surface area contributed by atoms with Gasteiger partial charge in [0.15, 0.2) is 5.78 Å². The van der Waals surface area contributed by atoms with E-state index in [-0.39, 0.29) is 5.78 Å². The van der Waals surface area contributed by atoms with E-state index >= 15 is 0 Å². The van der Waals surface area contributed by atoms with Crippen LogP contribution in [0.4, 0.5) is 5.82 Å². The summed E-state index contributed by atoms with van der Waals surface area (Å²) in [5, 5.41) is 0. The van der Waals surface area contributed by atoms with Gasteiger partial charge in [-0.25, -0.2) is 4.98 Å². The molecular formula is C12H11N3O. The first-order chi connectivity index (χ1) is 7.75. The molecule has 0 aliphatic carbocycles. The van der Waals surface area contributed by atoms with Gasteiger partial charge in [-0.15, -0.1) is 0 Å². The molecule has 2 aromatic heterocycles. The molecule has 2 heterocycles. The number of hydrogen-bond acceptors (Lipinski definition) is 4. The number of nitrogens with zero attached hydrogens (tertiary/aromatic N) is 2. The number of carbonyl (C=O) groups is 1. The lowest BCUT2D eigenvalue weighted by Crippen LogP contribution is -2.04. The van der Waals surface area contributed by atoms with E-state index in [1.807, 2.05) is 0 Å². The summed E-state index contributed by atoms with van der Waals surface area (Å²) in [6, 6.07) is 6.98. The molecule has 0 spiro atoms. The number of aromatic nitrogens is 2. The molecule has 80 valence electrons. The Morgan fingerprint density at radius 3 is 2.75 bits per heavy atom. The van der Waals surface area contributed by atoms with Crippen molar-refractivity contribution >= 4 is 11.6 Å². The highest BCUT2D eigenvalue weighted by Crippen LogP contribution is 2.06. The molecular weight excluding hydrogens is 202 g/mol. The summed E-state index contributed by atoms with van der Waals surface area (Å²) < 4.78 is 0. The Balaban J connectivity index is 2.11. The van der Waals surface area contributed by atoms with Crippen LogP contribution in [0, 0.1) is 0 Å². The highest BCUT2D eigenvalue weighted by atomic mass is 16.1. The van der Waals surface area contributed by atoms with Crippen LogP contribution in [0.3, 0.4) is 0 Å². The minimum atomic E-state index is 0.0275. The Morgan fingerprint density at radius 2 is 2.12 bits per heavy atom. The van der Waals surface area contributed by atoms with Gasteiger partial charge >= 0.3 is 0 Å². The minimum absolute atomic E-state index is 0.0275. The molecule has 0 saturated carbocycles. The van der Waals surface area contributed by atoms with Crippen LogP contribution >= 0.6 is 0 Å². The van der Waals surface area contributed by atoms with Gasteiger partial charge in [-0.2, -0.15) is 0 Å². The lowest BCUT2D eigenvalue weighted by molar-refractivity contribution is 0.0992. The highest BCUT2D eigenvalue weighted by molar-refractivity contribution is 5.97. The second kappa shape index (κ2) is 4.53. The van der Waals surface area contributed by atoms with Gasteiger partial charge < -0.3 is 5.73 Å². The molecule has 0 aromatic carbocycles. The monoisotopic (exact) mass is 213 g/mol. The van der Waals surface area contributed by atoms with Gasteiger partial charge in [-0.3, -0.25) is 9.78 Å². The van der Waals surface area contributed by atoms with E-state index in [0.29, 0.717) is 17.8 Å². The zero-order valence-corrected chi connectivity index (χ0v) is 8.63. The first-order valence-corrected chi connectivity index (χ1v) is 4.89. The van der Waals surface area contributed by atoms with Crippen LogP contribution in [0.5, 0.6) is 0 Å². The number of Topliss-reactive ketones (excluding diaryl/α,β-unsaturated/α-hetero) is 1. The first-order valence-electron chi connectivity index (χ1n) is 4.89. The number of hydrogen-bond donors (Lipinski definition) is 1. The second-order valence-electron chi connectivity index (χ2n) is 3.43. The third-order valence-corrected chi connectivity index (χ3v) is 2.20. The van der Waals surface area contributed by atoms with Crippen molar-refractivity contribution in [2.45, 2.75) is 6.42 Å². The zero-order chi connectivity index (χ0) is 11.4. The molecule has 2 N–H and O–H groups in total. The van der Waals surface area contributed by atoms with Gasteiger partial charge in [-0.1, -0.05) is 6.07 Å². The van der Waals surface area contributed by atoms with E-state index in [2.05, 4.69) is 9.97 Å². The number of anilines is 1. The summed E-state index contributed by atoms with van der Waals surface area (Å²) in [5.41, 5.74) is 6.92. The van der Waals surface area contributed by atoms with Crippen molar-refractivity contribution in [3.63, 3.8) is 0 Å². The average Bonchev–Trinajstić information content (AvgIpc) is 2.33. The maximum Gasteiger partial charge on any atom is 0.168 e. The number of carbonyl (C=O) groups excluding carboxylic acids is 1. The van der Waals surface area contributed by atoms with Crippen LogP contribution in [0.25, 0.3) is 0 Å². The predicted octanol–water partition coefficient (Wildman–Crippen LogP) is 1.48. The predicted molar refractivity (Wildman–Crippen MR) is 60.9 cm³/mol. The third kappa shape index (κ3) is 2.42. The van der Waals surface area contributed by atoms with Crippen LogP contribution in [0.2, 0.25) is 0 Å². The summed E-state index contributed by atoms with van der Waals surface area (Å²) in [6.45, 7) is 0. The largest absolute Gasteiger partial charge is 0.384 e. The molecule has 0 radical (unpaired) electrons.